The molecule has 0 saturated carbocycles. The average Bonchev–Trinajstić information content (AvgIpc) is 3.15. The SMILES string of the molecule is CN1C(=O)SC(=Cc2cn(Cc3ccc([N+](=O)[O-])cc3)c3ccccc23)C1=O. The van der Waals surface area contributed by atoms with E-state index in [9.17, 15) is 19.7 Å². The largest absolute Gasteiger partial charge is 0.342 e. The van der Waals surface area contributed by atoms with Crippen molar-refractivity contribution in [2.24, 2.45) is 0 Å². The van der Waals surface area contributed by atoms with Gasteiger partial charge in [0.25, 0.3) is 16.8 Å². The van der Waals surface area contributed by atoms with Crippen molar-refractivity contribution < 1.29 is 14.5 Å². The number of non-ortho nitro benzene ring substituents is 1. The number of para-hydroxylation sites is 1. The number of nitro benzene ring substituents is 1. The minimum Gasteiger partial charge on any atom is -0.342 e. The highest BCUT2D eigenvalue weighted by Crippen LogP contribution is 2.33. The smallest absolute Gasteiger partial charge is 0.293 e. The van der Waals surface area contributed by atoms with E-state index in [1.54, 1.807) is 18.2 Å². The average molecular weight is 393 g/mol. The van der Waals surface area contributed by atoms with Gasteiger partial charge in [0.2, 0.25) is 0 Å². The van der Waals surface area contributed by atoms with Crippen molar-refractivity contribution in [1.29, 1.82) is 0 Å². The molecule has 0 aliphatic carbocycles. The van der Waals surface area contributed by atoms with E-state index in [1.807, 2.05) is 35.0 Å². The number of hydrogen-bond donors (Lipinski definition) is 0. The molecule has 0 bridgehead atoms. The van der Waals surface area contributed by atoms with Gasteiger partial charge in [0.05, 0.1) is 9.83 Å². The van der Waals surface area contributed by atoms with E-state index in [1.165, 1.54) is 19.2 Å². The molecule has 1 aromatic heterocycles. The normalized spacial score (nSPS) is 15.8. The summed E-state index contributed by atoms with van der Waals surface area (Å²) in [6.45, 7) is 0.529. The molecule has 1 aliphatic rings. The van der Waals surface area contributed by atoms with E-state index >= 15 is 0 Å². The highest BCUT2D eigenvalue weighted by atomic mass is 32.2. The predicted octanol–water partition coefficient (Wildman–Crippen LogP) is 4.26. The number of carbonyl (C=O) groups is 2. The lowest BCUT2D eigenvalue weighted by molar-refractivity contribution is -0.384. The van der Waals surface area contributed by atoms with Gasteiger partial charge >= 0.3 is 0 Å². The van der Waals surface area contributed by atoms with Crippen LogP contribution in [-0.4, -0.2) is 32.6 Å². The molecule has 1 fully saturated rings. The summed E-state index contributed by atoms with van der Waals surface area (Å²) in [5.74, 6) is -0.304. The van der Waals surface area contributed by atoms with Crippen molar-refractivity contribution >= 4 is 45.6 Å². The second kappa shape index (κ2) is 6.97. The van der Waals surface area contributed by atoms with Gasteiger partial charge in [0, 0.05) is 48.4 Å². The Hall–Kier alpha value is -3.39. The molecule has 0 N–H and O–H groups in total. The molecule has 0 unspecified atom stereocenters. The van der Waals surface area contributed by atoms with Gasteiger partial charge in [-0.2, -0.15) is 0 Å². The summed E-state index contributed by atoms with van der Waals surface area (Å²) in [5.41, 5.74) is 2.79. The molecule has 140 valence electrons. The molecule has 2 amide bonds. The fraction of sp³-hybridized carbons (Fsp3) is 0.100. The Balaban J connectivity index is 1.72. The first-order valence-corrected chi connectivity index (χ1v) is 9.28. The minimum absolute atomic E-state index is 0.0529. The molecule has 28 heavy (non-hydrogen) atoms. The summed E-state index contributed by atoms with van der Waals surface area (Å²) < 4.78 is 2.03. The summed E-state index contributed by atoms with van der Waals surface area (Å²) >= 11 is 0.928. The Labute approximate surface area is 164 Å². The van der Waals surface area contributed by atoms with Crippen molar-refractivity contribution in [3.63, 3.8) is 0 Å². The maximum Gasteiger partial charge on any atom is 0.293 e. The summed E-state index contributed by atoms with van der Waals surface area (Å²) in [4.78, 5) is 35.8. The van der Waals surface area contributed by atoms with Crippen LogP contribution in [-0.2, 0) is 11.3 Å². The van der Waals surface area contributed by atoms with Crippen LogP contribution >= 0.6 is 11.8 Å². The predicted molar refractivity (Wildman–Crippen MR) is 108 cm³/mol. The number of nitrogens with zero attached hydrogens (tertiary/aromatic N) is 3. The zero-order chi connectivity index (χ0) is 19.8. The maximum absolute atomic E-state index is 12.2. The Morgan fingerprint density at radius 3 is 2.46 bits per heavy atom. The molecular weight excluding hydrogens is 378 g/mol. The summed E-state index contributed by atoms with van der Waals surface area (Å²) in [7, 11) is 1.47. The minimum atomic E-state index is -0.423. The monoisotopic (exact) mass is 393 g/mol. The van der Waals surface area contributed by atoms with Crippen LogP contribution in [0.4, 0.5) is 10.5 Å². The third-order valence-electron chi connectivity index (χ3n) is 4.59. The molecule has 0 radical (unpaired) electrons. The van der Waals surface area contributed by atoms with Crippen LogP contribution in [0.5, 0.6) is 0 Å². The third kappa shape index (κ3) is 3.18. The number of aromatic nitrogens is 1. The molecule has 3 aromatic rings. The number of carbonyl (C=O) groups excluding carboxylic acids is 2. The number of rotatable bonds is 4. The Kier molecular flexibility index (Phi) is 4.48. The van der Waals surface area contributed by atoms with Crippen molar-refractivity contribution in [2.75, 3.05) is 7.05 Å². The van der Waals surface area contributed by atoms with Gasteiger partial charge in [-0.3, -0.25) is 24.6 Å². The Morgan fingerprint density at radius 2 is 1.82 bits per heavy atom. The van der Waals surface area contributed by atoms with Gasteiger partial charge in [0.1, 0.15) is 0 Å². The van der Waals surface area contributed by atoms with E-state index in [2.05, 4.69) is 0 Å². The van der Waals surface area contributed by atoms with Gasteiger partial charge in [-0.1, -0.05) is 30.3 Å². The first-order valence-electron chi connectivity index (χ1n) is 8.47. The number of benzene rings is 2. The Bertz CT molecular complexity index is 1150. The molecule has 8 heteroatoms. The number of hydrogen-bond acceptors (Lipinski definition) is 5. The van der Waals surface area contributed by atoms with Gasteiger partial charge in [-0.15, -0.1) is 0 Å². The van der Waals surface area contributed by atoms with Crippen LogP contribution in [0.15, 0.2) is 59.6 Å². The summed E-state index contributed by atoms with van der Waals surface area (Å²) in [6, 6.07) is 14.2. The number of amides is 2. The number of fused-ring (bicyclic) bond motifs is 1. The molecular formula is C20H15N3O4S. The van der Waals surface area contributed by atoms with E-state index in [0.717, 1.165) is 38.7 Å². The number of likely N-dealkylation sites (N-methyl/N-ethyl adjacent to an activating group) is 1. The van der Waals surface area contributed by atoms with Crippen LogP contribution < -0.4 is 0 Å². The van der Waals surface area contributed by atoms with Crippen LogP contribution in [0, 0.1) is 10.1 Å². The lowest BCUT2D eigenvalue weighted by Crippen LogP contribution is -2.22. The molecule has 2 aromatic carbocycles. The van der Waals surface area contributed by atoms with Gasteiger partial charge in [-0.05, 0) is 29.5 Å². The maximum atomic E-state index is 12.2. The highest BCUT2D eigenvalue weighted by molar-refractivity contribution is 8.18. The molecule has 0 atom stereocenters. The van der Waals surface area contributed by atoms with Crippen LogP contribution in [0.2, 0.25) is 0 Å². The van der Waals surface area contributed by atoms with Gasteiger partial charge in [-0.25, -0.2) is 0 Å². The lowest BCUT2D eigenvalue weighted by Gasteiger charge is -2.05. The zero-order valence-corrected chi connectivity index (χ0v) is 15.7. The summed E-state index contributed by atoms with van der Waals surface area (Å²) in [5, 5.41) is 11.5. The van der Waals surface area contributed by atoms with Crippen LogP contribution in [0.3, 0.4) is 0 Å². The van der Waals surface area contributed by atoms with E-state index < -0.39 is 4.92 Å². The van der Waals surface area contributed by atoms with Crippen molar-refractivity contribution in [3.05, 3.63) is 80.9 Å². The fourth-order valence-electron chi connectivity index (χ4n) is 3.13. The molecule has 7 nitrogen and oxygen atoms in total. The molecule has 4 rings (SSSR count). The zero-order valence-electron chi connectivity index (χ0n) is 14.9. The van der Waals surface area contributed by atoms with E-state index in [0.29, 0.717) is 11.4 Å². The van der Waals surface area contributed by atoms with Crippen LogP contribution in [0.25, 0.3) is 17.0 Å². The van der Waals surface area contributed by atoms with Crippen molar-refractivity contribution in [2.45, 2.75) is 6.54 Å². The fourth-order valence-corrected chi connectivity index (χ4v) is 3.95. The summed E-state index contributed by atoms with van der Waals surface area (Å²) in [6.07, 6.45) is 3.67. The second-order valence-electron chi connectivity index (χ2n) is 6.39. The van der Waals surface area contributed by atoms with E-state index in [4.69, 9.17) is 0 Å². The quantitative estimate of drug-likeness (QED) is 0.375. The van der Waals surface area contributed by atoms with Gasteiger partial charge < -0.3 is 4.57 Å². The van der Waals surface area contributed by atoms with Gasteiger partial charge in [0.15, 0.2) is 0 Å². The Morgan fingerprint density at radius 1 is 1.11 bits per heavy atom. The molecule has 1 saturated heterocycles. The number of imide groups is 1. The molecule has 2 heterocycles. The van der Waals surface area contributed by atoms with Crippen molar-refractivity contribution in [3.8, 4) is 0 Å². The highest BCUT2D eigenvalue weighted by Gasteiger charge is 2.32. The number of nitro groups is 1. The standard InChI is InChI=1S/C20H15N3O4S/c1-21-19(24)18(28-20(21)25)10-14-12-22(17-5-3-2-4-16(14)17)11-13-6-8-15(9-7-13)23(26)27/h2-10,12H,11H2,1H3. The first kappa shape index (κ1) is 18.0. The lowest BCUT2D eigenvalue weighted by atomic mass is 10.1. The van der Waals surface area contributed by atoms with E-state index in [-0.39, 0.29) is 16.8 Å². The molecule has 1 aliphatic heterocycles. The second-order valence-corrected chi connectivity index (χ2v) is 7.39. The third-order valence-corrected chi connectivity index (χ3v) is 5.55. The number of thioether (sulfide) groups is 1. The van der Waals surface area contributed by atoms with Crippen LogP contribution in [0.1, 0.15) is 11.1 Å². The topological polar surface area (TPSA) is 85.4 Å². The van der Waals surface area contributed by atoms with Crippen molar-refractivity contribution in [1.82, 2.24) is 9.47 Å². The molecule has 0 spiro atoms. The first-order chi connectivity index (χ1) is 13.4.